The van der Waals surface area contributed by atoms with Crippen LogP contribution in [0.3, 0.4) is 0 Å². The predicted molar refractivity (Wildman–Crippen MR) is 104 cm³/mol. The molecule has 0 aliphatic heterocycles. The Bertz CT molecular complexity index is 804. The van der Waals surface area contributed by atoms with Gasteiger partial charge in [-0.05, 0) is 42.7 Å². The minimum atomic E-state index is -0.132. The van der Waals surface area contributed by atoms with Crippen molar-refractivity contribution >= 4 is 5.91 Å². The Balaban J connectivity index is 1.26. The lowest BCUT2D eigenvalue weighted by Gasteiger charge is -2.35. The standard InChI is InChI=1S/C21H28N4O3/c1-28-7-6-25-19(13-26)23-24-21(25)17-11-18(12-17)22-20(27)10-14-8-15-4-2-3-5-16(15)9-14/h2-5,14,17-18,26H,6-13H2,1H3,(H,22,27). The van der Waals surface area contributed by atoms with Crippen LogP contribution in [0, 0.1) is 5.92 Å². The molecule has 0 unspecified atom stereocenters. The number of benzene rings is 1. The van der Waals surface area contributed by atoms with E-state index >= 15 is 0 Å². The quantitative estimate of drug-likeness (QED) is 0.721. The van der Waals surface area contributed by atoms with Gasteiger partial charge in [0.2, 0.25) is 5.91 Å². The van der Waals surface area contributed by atoms with Crippen LogP contribution in [-0.2, 0) is 35.5 Å². The van der Waals surface area contributed by atoms with Gasteiger partial charge >= 0.3 is 0 Å². The van der Waals surface area contributed by atoms with Crippen LogP contribution < -0.4 is 5.32 Å². The van der Waals surface area contributed by atoms with Crippen molar-refractivity contribution in [2.45, 2.75) is 57.2 Å². The first-order valence-electron chi connectivity index (χ1n) is 10.1. The zero-order valence-corrected chi connectivity index (χ0v) is 16.3. The van der Waals surface area contributed by atoms with Crippen molar-refractivity contribution in [1.82, 2.24) is 20.1 Å². The third-order valence-electron chi connectivity index (χ3n) is 5.99. The van der Waals surface area contributed by atoms with Gasteiger partial charge < -0.3 is 19.7 Å². The number of aliphatic hydroxyl groups excluding tert-OH is 1. The smallest absolute Gasteiger partial charge is 0.220 e. The average Bonchev–Trinajstić information content (AvgIpc) is 3.25. The van der Waals surface area contributed by atoms with Crippen molar-refractivity contribution in [3.8, 4) is 0 Å². The highest BCUT2D eigenvalue weighted by Crippen LogP contribution is 2.36. The van der Waals surface area contributed by atoms with E-state index in [4.69, 9.17) is 4.74 Å². The van der Waals surface area contributed by atoms with Gasteiger partial charge in [0.05, 0.1) is 6.61 Å². The number of nitrogens with one attached hydrogen (secondary N) is 1. The van der Waals surface area contributed by atoms with Crippen LogP contribution in [0.15, 0.2) is 24.3 Å². The second-order valence-corrected chi connectivity index (χ2v) is 7.96. The zero-order valence-electron chi connectivity index (χ0n) is 16.3. The summed E-state index contributed by atoms with van der Waals surface area (Å²) in [6.07, 6.45) is 4.34. The van der Waals surface area contributed by atoms with Crippen molar-refractivity contribution < 1.29 is 14.6 Å². The summed E-state index contributed by atoms with van der Waals surface area (Å²) >= 11 is 0. The lowest BCUT2D eigenvalue weighted by Crippen LogP contribution is -2.44. The Kier molecular flexibility index (Phi) is 5.73. The topological polar surface area (TPSA) is 89.3 Å². The van der Waals surface area contributed by atoms with Gasteiger partial charge in [-0.2, -0.15) is 0 Å². The third kappa shape index (κ3) is 3.95. The molecular formula is C21H28N4O3. The molecule has 7 heteroatoms. The molecule has 1 amide bonds. The van der Waals surface area contributed by atoms with Crippen LogP contribution in [-0.4, -0.2) is 45.5 Å². The summed E-state index contributed by atoms with van der Waals surface area (Å²) in [5.74, 6) is 2.29. The summed E-state index contributed by atoms with van der Waals surface area (Å²) in [5.41, 5.74) is 2.78. The maximum atomic E-state index is 12.5. The number of aliphatic hydroxyl groups is 1. The van der Waals surface area contributed by atoms with E-state index in [0.29, 0.717) is 31.3 Å². The Hall–Kier alpha value is -2.25. The average molecular weight is 384 g/mol. The number of fused-ring (bicyclic) bond motifs is 1. The molecule has 1 saturated carbocycles. The minimum Gasteiger partial charge on any atom is -0.388 e. The van der Waals surface area contributed by atoms with E-state index in [1.807, 2.05) is 4.57 Å². The fraction of sp³-hybridized carbons (Fsp3) is 0.571. The van der Waals surface area contributed by atoms with Crippen LogP contribution in [0.2, 0.25) is 0 Å². The molecule has 0 radical (unpaired) electrons. The van der Waals surface area contributed by atoms with E-state index < -0.39 is 0 Å². The number of carbonyl (C=O) groups is 1. The SMILES string of the molecule is COCCn1c(CO)nnc1C1CC(NC(=O)CC2Cc3ccccc3C2)C1. The minimum absolute atomic E-state index is 0.132. The third-order valence-corrected chi connectivity index (χ3v) is 5.99. The van der Waals surface area contributed by atoms with Gasteiger partial charge in [-0.25, -0.2) is 0 Å². The number of aromatic nitrogens is 3. The lowest BCUT2D eigenvalue weighted by atomic mass is 9.79. The maximum absolute atomic E-state index is 12.5. The van der Waals surface area contributed by atoms with Crippen molar-refractivity contribution in [3.05, 3.63) is 47.0 Å². The van der Waals surface area contributed by atoms with Crippen molar-refractivity contribution in [2.75, 3.05) is 13.7 Å². The Morgan fingerprint density at radius 1 is 1.25 bits per heavy atom. The van der Waals surface area contributed by atoms with Crippen molar-refractivity contribution in [2.24, 2.45) is 5.92 Å². The first-order valence-corrected chi connectivity index (χ1v) is 10.1. The second kappa shape index (κ2) is 8.41. The van der Waals surface area contributed by atoms with E-state index in [1.54, 1.807) is 7.11 Å². The highest BCUT2D eigenvalue weighted by molar-refractivity contribution is 5.77. The van der Waals surface area contributed by atoms with Crippen LogP contribution in [0.4, 0.5) is 0 Å². The number of rotatable bonds is 8. The van der Waals surface area contributed by atoms with Gasteiger partial charge in [0.25, 0.3) is 0 Å². The van der Waals surface area contributed by atoms with E-state index in [2.05, 4.69) is 39.8 Å². The van der Waals surface area contributed by atoms with E-state index in [1.165, 1.54) is 11.1 Å². The summed E-state index contributed by atoms with van der Waals surface area (Å²) in [4.78, 5) is 12.5. The van der Waals surface area contributed by atoms with Gasteiger partial charge in [0.15, 0.2) is 5.82 Å². The summed E-state index contributed by atoms with van der Waals surface area (Å²) in [5, 5.41) is 21.0. The van der Waals surface area contributed by atoms with Crippen molar-refractivity contribution in [3.63, 3.8) is 0 Å². The fourth-order valence-corrected chi connectivity index (χ4v) is 4.48. The molecule has 2 N–H and O–H groups in total. The summed E-state index contributed by atoms with van der Waals surface area (Å²) in [6.45, 7) is 1.05. The number of hydrogen-bond acceptors (Lipinski definition) is 5. The van der Waals surface area contributed by atoms with Gasteiger partial charge in [-0.1, -0.05) is 24.3 Å². The fourth-order valence-electron chi connectivity index (χ4n) is 4.48. The van der Waals surface area contributed by atoms with Gasteiger partial charge in [-0.15, -0.1) is 10.2 Å². The Morgan fingerprint density at radius 3 is 2.61 bits per heavy atom. The number of carbonyl (C=O) groups excluding carboxylic acids is 1. The Labute approximate surface area is 165 Å². The number of amides is 1. The summed E-state index contributed by atoms with van der Waals surface area (Å²) in [6, 6.07) is 8.69. The number of ether oxygens (including phenoxy) is 1. The molecule has 4 rings (SSSR count). The summed E-state index contributed by atoms with van der Waals surface area (Å²) in [7, 11) is 1.65. The number of nitrogens with zero attached hydrogens (tertiary/aromatic N) is 3. The van der Waals surface area contributed by atoms with Crippen LogP contribution >= 0.6 is 0 Å². The first-order chi connectivity index (χ1) is 13.7. The molecule has 150 valence electrons. The molecule has 2 aliphatic rings. The molecule has 0 spiro atoms. The van der Waals surface area contributed by atoms with Gasteiger partial charge in [-0.3, -0.25) is 4.79 Å². The zero-order chi connectivity index (χ0) is 19.5. The molecule has 28 heavy (non-hydrogen) atoms. The predicted octanol–water partition coefficient (Wildman–Crippen LogP) is 1.58. The van der Waals surface area contributed by atoms with E-state index in [0.717, 1.165) is 31.5 Å². The highest BCUT2D eigenvalue weighted by atomic mass is 16.5. The molecule has 2 aromatic rings. The maximum Gasteiger partial charge on any atom is 0.220 e. The lowest BCUT2D eigenvalue weighted by molar-refractivity contribution is -0.123. The van der Waals surface area contributed by atoms with Crippen LogP contribution in [0.1, 0.15) is 48.0 Å². The molecule has 1 fully saturated rings. The van der Waals surface area contributed by atoms with Crippen molar-refractivity contribution in [1.29, 1.82) is 0 Å². The monoisotopic (exact) mass is 384 g/mol. The molecule has 2 aliphatic carbocycles. The van der Waals surface area contributed by atoms with E-state index in [-0.39, 0.29) is 24.5 Å². The molecule has 1 aromatic heterocycles. The molecular weight excluding hydrogens is 356 g/mol. The molecule has 0 atom stereocenters. The Morgan fingerprint density at radius 2 is 1.96 bits per heavy atom. The molecule has 1 heterocycles. The van der Waals surface area contributed by atoms with Crippen LogP contribution in [0.25, 0.3) is 0 Å². The molecule has 0 saturated heterocycles. The number of methoxy groups -OCH3 is 1. The highest BCUT2D eigenvalue weighted by Gasteiger charge is 2.35. The molecule has 0 bridgehead atoms. The summed E-state index contributed by atoms with van der Waals surface area (Å²) < 4.78 is 7.09. The van der Waals surface area contributed by atoms with Crippen LogP contribution in [0.5, 0.6) is 0 Å². The molecule has 7 nitrogen and oxygen atoms in total. The van der Waals surface area contributed by atoms with Gasteiger partial charge in [0.1, 0.15) is 12.4 Å². The largest absolute Gasteiger partial charge is 0.388 e. The normalized spacial score (nSPS) is 21.4. The van der Waals surface area contributed by atoms with Gasteiger partial charge in [0, 0.05) is 32.0 Å². The second-order valence-electron chi connectivity index (χ2n) is 7.96. The first kappa shape index (κ1) is 19.1. The molecule has 1 aromatic carbocycles. The van der Waals surface area contributed by atoms with E-state index in [9.17, 15) is 9.90 Å². The number of hydrogen-bond donors (Lipinski definition) is 2.